The number of hydrogen-bond acceptors (Lipinski definition) is 7. The van der Waals surface area contributed by atoms with Crippen LogP contribution in [0.2, 0.25) is 0 Å². The topological polar surface area (TPSA) is 111 Å². The summed E-state index contributed by atoms with van der Waals surface area (Å²) < 4.78 is 4.68. The number of carbonyl (C=O) groups excluding carboxylic acids is 3. The number of morpholine rings is 1. The fraction of sp³-hybridized carbons (Fsp3) is 0.667. The number of aliphatic hydroxyl groups excluding tert-OH is 1. The van der Waals surface area contributed by atoms with Gasteiger partial charge in [0.1, 0.15) is 6.04 Å². The monoisotopic (exact) mass is 608 g/mol. The number of para-hydroxylation sites is 1. The van der Waals surface area contributed by atoms with Crippen LogP contribution in [0.1, 0.15) is 20.3 Å². The number of alkyl halides is 1. The van der Waals surface area contributed by atoms with Crippen LogP contribution in [0.3, 0.4) is 0 Å². The molecule has 3 amide bonds. The number of nitrogens with zero attached hydrogens (tertiary/aromatic N) is 2. The van der Waals surface area contributed by atoms with E-state index in [1.54, 1.807) is 16.7 Å². The summed E-state index contributed by atoms with van der Waals surface area (Å²) in [6.45, 7) is 7.87. The first-order valence-electron chi connectivity index (χ1n) is 13.5. The number of nitrogens with one attached hydrogen (secondary N) is 2. The molecule has 3 N–H and O–H groups in total. The lowest BCUT2D eigenvalue weighted by Crippen LogP contribution is -2.58. The molecule has 1 aromatic rings. The largest absolute Gasteiger partial charge is 0.394 e. The van der Waals surface area contributed by atoms with Gasteiger partial charge in [-0.05, 0) is 24.5 Å². The maximum Gasteiger partial charge on any atom is 0.244 e. The normalized spacial score (nSPS) is 33.4. The van der Waals surface area contributed by atoms with Crippen molar-refractivity contribution in [2.24, 2.45) is 17.8 Å². The average Bonchev–Trinajstić information content (AvgIpc) is 3.49. The summed E-state index contributed by atoms with van der Waals surface area (Å²) in [4.78, 5) is 45.6. The second-order valence-corrected chi connectivity index (χ2v) is 13.7. The summed E-state index contributed by atoms with van der Waals surface area (Å²) in [6.07, 6.45) is 0.613. The fourth-order valence-electron chi connectivity index (χ4n) is 6.65. The van der Waals surface area contributed by atoms with Crippen LogP contribution in [0.15, 0.2) is 30.3 Å². The van der Waals surface area contributed by atoms with E-state index in [-0.39, 0.29) is 40.3 Å². The number of fused-ring (bicyclic) bond motifs is 1. The molecule has 0 aromatic heterocycles. The zero-order valence-corrected chi connectivity index (χ0v) is 24.2. The Bertz CT molecular complexity index is 1040. The van der Waals surface area contributed by atoms with E-state index in [1.165, 1.54) is 0 Å². The molecule has 5 rings (SSSR count). The van der Waals surface area contributed by atoms with Gasteiger partial charge in [0.05, 0.1) is 42.4 Å². The molecular formula is C27H37BrN4O5S. The SMILES string of the molecule is CC(C)[C@H](CO)N1C(=O)[C@@H]2[C@H](C(=O)Nc3ccccc3)[C@H]3SC2(CC3Br)C1C(=O)NCCN1CCOCC1. The second-order valence-electron chi connectivity index (χ2n) is 11.0. The third kappa shape index (κ3) is 4.89. The molecule has 4 aliphatic heterocycles. The molecule has 1 aromatic carbocycles. The summed E-state index contributed by atoms with van der Waals surface area (Å²) in [7, 11) is 0. The predicted octanol–water partition coefficient (Wildman–Crippen LogP) is 1.56. The molecule has 4 fully saturated rings. The van der Waals surface area contributed by atoms with Gasteiger partial charge in [0.25, 0.3) is 0 Å². The maximum atomic E-state index is 14.2. The van der Waals surface area contributed by atoms with Crippen LogP contribution in [0.25, 0.3) is 0 Å². The van der Waals surface area contributed by atoms with Crippen molar-refractivity contribution >= 4 is 51.1 Å². The Morgan fingerprint density at radius 2 is 1.92 bits per heavy atom. The highest BCUT2D eigenvalue weighted by molar-refractivity contribution is 9.09. The molecular weight excluding hydrogens is 572 g/mol. The van der Waals surface area contributed by atoms with Crippen LogP contribution in [-0.4, -0.2) is 106 Å². The summed E-state index contributed by atoms with van der Waals surface area (Å²) in [5.74, 6) is -1.86. The van der Waals surface area contributed by atoms with Crippen molar-refractivity contribution in [3.05, 3.63) is 30.3 Å². The van der Waals surface area contributed by atoms with Crippen LogP contribution in [0.5, 0.6) is 0 Å². The van der Waals surface area contributed by atoms with E-state index in [2.05, 4.69) is 31.5 Å². The zero-order valence-electron chi connectivity index (χ0n) is 21.8. The first kappa shape index (κ1) is 27.9. The van der Waals surface area contributed by atoms with E-state index >= 15 is 0 Å². The van der Waals surface area contributed by atoms with Crippen LogP contribution in [0, 0.1) is 17.8 Å². The molecule has 4 heterocycles. The van der Waals surface area contributed by atoms with Gasteiger partial charge in [0.2, 0.25) is 17.7 Å². The number of rotatable bonds is 9. The van der Waals surface area contributed by atoms with Crippen molar-refractivity contribution in [3.8, 4) is 0 Å². The lowest BCUT2D eigenvalue weighted by Gasteiger charge is -2.38. The van der Waals surface area contributed by atoms with Crippen LogP contribution >= 0.6 is 27.7 Å². The number of thioether (sulfide) groups is 1. The van der Waals surface area contributed by atoms with E-state index in [0.29, 0.717) is 38.4 Å². The molecule has 0 aliphatic carbocycles. The van der Waals surface area contributed by atoms with Gasteiger partial charge >= 0.3 is 0 Å². The van der Waals surface area contributed by atoms with Crippen LogP contribution < -0.4 is 10.6 Å². The molecule has 2 bridgehead atoms. The van der Waals surface area contributed by atoms with Gasteiger partial charge in [-0.1, -0.05) is 48.0 Å². The molecule has 11 heteroatoms. The zero-order chi connectivity index (χ0) is 27.0. The number of likely N-dealkylation sites (tertiary alicyclic amines) is 1. The Morgan fingerprint density at radius 3 is 2.58 bits per heavy atom. The number of anilines is 1. The highest BCUT2D eigenvalue weighted by Gasteiger charge is 2.76. The minimum Gasteiger partial charge on any atom is -0.394 e. The molecule has 1 spiro atoms. The number of halogens is 1. The van der Waals surface area contributed by atoms with Crippen LogP contribution in [0.4, 0.5) is 5.69 Å². The minimum atomic E-state index is -0.756. The molecule has 208 valence electrons. The molecule has 4 aliphatic rings. The van der Waals surface area contributed by atoms with Crippen molar-refractivity contribution in [1.29, 1.82) is 0 Å². The predicted molar refractivity (Wildman–Crippen MR) is 150 cm³/mol. The lowest BCUT2D eigenvalue weighted by atomic mass is 9.70. The first-order chi connectivity index (χ1) is 18.3. The number of aliphatic hydroxyl groups is 1. The summed E-state index contributed by atoms with van der Waals surface area (Å²) in [5, 5.41) is 16.3. The van der Waals surface area contributed by atoms with Crippen molar-refractivity contribution in [1.82, 2.24) is 15.1 Å². The minimum absolute atomic E-state index is 0.00157. The van der Waals surface area contributed by atoms with Gasteiger partial charge < -0.3 is 25.4 Å². The molecule has 0 radical (unpaired) electrons. The smallest absolute Gasteiger partial charge is 0.244 e. The van der Waals surface area contributed by atoms with Gasteiger partial charge in [-0.15, -0.1) is 11.8 Å². The molecule has 38 heavy (non-hydrogen) atoms. The first-order valence-corrected chi connectivity index (χ1v) is 15.3. The van der Waals surface area contributed by atoms with Crippen molar-refractivity contribution < 1.29 is 24.2 Å². The molecule has 4 saturated heterocycles. The highest BCUT2D eigenvalue weighted by Crippen LogP contribution is 2.68. The summed E-state index contributed by atoms with van der Waals surface area (Å²) in [5.41, 5.74) is 0.681. The van der Waals surface area contributed by atoms with E-state index < -0.39 is 28.7 Å². The Labute approximate surface area is 236 Å². The van der Waals surface area contributed by atoms with Gasteiger partial charge in [0, 0.05) is 41.9 Å². The number of amides is 3. The summed E-state index contributed by atoms with van der Waals surface area (Å²) in [6, 6.07) is 7.98. The van der Waals surface area contributed by atoms with Gasteiger partial charge in [0.15, 0.2) is 0 Å². The van der Waals surface area contributed by atoms with E-state index in [9.17, 15) is 19.5 Å². The Hall–Kier alpha value is -1.66. The fourth-order valence-corrected chi connectivity index (χ4v) is 10.2. The molecule has 7 atom stereocenters. The van der Waals surface area contributed by atoms with E-state index in [0.717, 1.165) is 13.1 Å². The quantitative estimate of drug-likeness (QED) is 0.365. The summed E-state index contributed by atoms with van der Waals surface area (Å²) >= 11 is 5.40. The number of ether oxygens (including phenoxy) is 1. The second kappa shape index (κ2) is 11.4. The van der Waals surface area contributed by atoms with E-state index in [1.807, 2.05) is 44.2 Å². The highest BCUT2D eigenvalue weighted by atomic mass is 79.9. The molecule has 9 nitrogen and oxygen atoms in total. The third-order valence-electron chi connectivity index (χ3n) is 8.46. The van der Waals surface area contributed by atoms with Crippen molar-refractivity contribution in [2.75, 3.05) is 51.3 Å². The maximum absolute atomic E-state index is 14.2. The molecule has 0 saturated carbocycles. The lowest BCUT2D eigenvalue weighted by molar-refractivity contribution is -0.143. The standard InChI is InChI=1S/C27H37BrN4O5S/c1-16(2)19(15-33)32-23(25(35)29-8-9-31-10-12-37-13-11-31)27-14-18(28)22(38-27)20(21(27)26(32)36)24(34)30-17-6-4-3-5-7-17/h3-7,16,18-23,33H,8-15H2,1-2H3,(H,29,35)(H,30,34)/t18?,19-,20-,21-,22-,23?,27?/m0/s1. The number of hydrogen-bond donors (Lipinski definition) is 3. The van der Waals surface area contributed by atoms with Gasteiger partial charge in [-0.25, -0.2) is 0 Å². The van der Waals surface area contributed by atoms with Gasteiger partial charge in [-0.3, -0.25) is 19.3 Å². The Morgan fingerprint density at radius 1 is 1.21 bits per heavy atom. The molecule has 3 unspecified atom stereocenters. The van der Waals surface area contributed by atoms with Crippen molar-refractivity contribution in [2.45, 2.75) is 47.2 Å². The van der Waals surface area contributed by atoms with Crippen LogP contribution in [-0.2, 0) is 19.1 Å². The van der Waals surface area contributed by atoms with Gasteiger partial charge in [-0.2, -0.15) is 0 Å². The number of carbonyl (C=O) groups is 3. The Balaban J connectivity index is 1.43. The Kier molecular flexibility index (Phi) is 8.40. The average molecular weight is 610 g/mol. The van der Waals surface area contributed by atoms with E-state index in [4.69, 9.17) is 4.74 Å². The third-order valence-corrected chi connectivity index (χ3v) is 11.7. The van der Waals surface area contributed by atoms with Crippen molar-refractivity contribution in [3.63, 3.8) is 0 Å². The number of benzene rings is 1.